The quantitative estimate of drug-likeness (QED) is 0.743. The number of rotatable bonds is 3. The predicted molar refractivity (Wildman–Crippen MR) is 84.0 cm³/mol. The van der Waals surface area contributed by atoms with Crippen LogP contribution in [0.1, 0.15) is 18.5 Å². The summed E-state index contributed by atoms with van der Waals surface area (Å²) in [5.74, 6) is 0. The Bertz CT molecular complexity index is 810. The van der Waals surface area contributed by atoms with Crippen molar-refractivity contribution in [3.05, 3.63) is 49.0 Å². The van der Waals surface area contributed by atoms with Crippen molar-refractivity contribution >= 4 is 45.1 Å². The monoisotopic (exact) mass is 308 g/mol. The van der Waals surface area contributed by atoms with Crippen molar-refractivity contribution in [1.82, 2.24) is 9.55 Å². The SMILES string of the molecule is CC(Cc1ccsc1)n1c(=S)[nH]c2sccc2c1=O. The lowest BCUT2D eigenvalue weighted by molar-refractivity contribution is 0.517. The lowest BCUT2D eigenvalue weighted by Crippen LogP contribution is -2.25. The molecule has 3 nitrogen and oxygen atoms in total. The van der Waals surface area contributed by atoms with Gasteiger partial charge in [-0.2, -0.15) is 11.3 Å². The molecular weight excluding hydrogens is 296 g/mol. The molecule has 0 aromatic carbocycles. The Balaban J connectivity index is 2.09. The smallest absolute Gasteiger partial charge is 0.263 e. The van der Waals surface area contributed by atoms with Crippen LogP contribution in [-0.2, 0) is 6.42 Å². The number of nitrogens with one attached hydrogen (secondary N) is 1. The molecular formula is C13H12N2OS3. The number of fused-ring (bicyclic) bond motifs is 1. The average molecular weight is 308 g/mol. The molecule has 6 heteroatoms. The fourth-order valence-corrected chi connectivity index (χ4v) is 4.08. The number of aromatic nitrogens is 2. The molecule has 0 bridgehead atoms. The molecule has 0 spiro atoms. The van der Waals surface area contributed by atoms with Gasteiger partial charge in [0.25, 0.3) is 5.56 Å². The van der Waals surface area contributed by atoms with E-state index in [1.54, 1.807) is 15.9 Å². The van der Waals surface area contributed by atoms with Crippen LogP contribution < -0.4 is 5.56 Å². The molecule has 3 aromatic rings. The van der Waals surface area contributed by atoms with E-state index in [4.69, 9.17) is 12.2 Å². The summed E-state index contributed by atoms with van der Waals surface area (Å²) in [6.45, 7) is 2.03. The highest BCUT2D eigenvalue weighted by atomic mass is 32.1. The number of hydrogen-bond acceptors (Lipinski definition) is 4. The van der Waals surface area contributed by atoms with Gasteiger partial charge in [-0.15, -0.1) is 11.3 Å². The van der Waals surface area contributed by atoms with E-state index < -0.39 is 0 Å². The molecule has 0 fully saturated rings. The van der Waals surface area contributed by atoms with E-state index in [-0.39, 0.29) is 11.6 Å². The Hall–Kier alpha value is -1.24. The topological polar surface area (TPSA) is 37.8 Å². The van der Waals surface area contributed by atoms with Gasteiger partial charge >= 0.3 is 0 Å². The molecule has 1 N–H and O–H groups in total. The minimum Gasteiger partial charge on any atom is -0.323 e. The second kappa shape index (κ2) is 5.03. The first-order valence-electron chi connectivity index (χ1n) is 5.90. The molecule has 0 saturated carbocycles. The Morgan fingerprint density at radius 3 is 3.00 bits per heavy atom. The van der Waals surface area contributed by atoms with Crippen LogP contribution in [0.4, 0.5) is 0 Å². The number of thiophene rings is 2. The molecule has 1 unspecified atom stereocenters. The minimum absolute atomic E-state index is 0.00253. The minimum atomic E-state index is 0.00253. The summed E-state index contributed by atoms with van der Waals surface area (Å²) in [6, 6.07) is 3.99. The third kappa shape index (κ3) is 2.31. The number of hydrogen-bond donors (Lipinski definition) is 1. The van der Waals surface area contributed by atoms with Crippen molar-refractivity contribution in [3.8, 4) is 0 Å². The zero-order chi connectivity index (χ0) is 13.4. The maximum atomic E-state index is 12.5. The predicted octanol–water partition coefficient (Wildman–Crippen LogP) is 3.99. The van der Waals surface area contributed by atoms with Crippen LogP contribution in [0.15, 0.2) is 33.1 Å². The highest BCUT2D eigenvalue weighted by molar-refractivity contribution is 7.71. The molecule has 0 saturated heterocycles. The highest BCUT2D eigenvalue weighted by Gasteiger charge is 2.13. The van der Waals surface area contributed by atoms with E-state index in [0.29, 0.717) is 4.77 Å². The maximum Gasteiger partial charge on any atom is 0.263 e. The van der Waals surface area contributed by atoms with Gasteiger partial charge in [0.1, 0.15) is 4.83 Å². The molecule has 0 aliphatic carbocycles. The third-order valence-electron chi connectivity index (χ3n) is 3.11. The first-order chi connectivity index (χ1) is 9.16. The van der Waals surface area contributed by atoms with Gasteiger partial charge in [0.15, 0.2) is 4.77 Å². The van der Waals surface area contributed by atoms with Crippen LogP contribution >= 0.6 is 34.9 Å². The van der Waals surface area contributed by atoms with E-state index >= 15 is 0 Å². The zero-order valence-electron chi connectivity index (χ0n) is 10.3. The van der Waals surface area contributed by atoms with Gasteiger partial charge in [-0.3, -0.25) is 9.36 Å². The van der Waals surface area contributed by atoms with Crippen LogP contribution in [-0.4, -0.2) is 9.55 Å². The second-order valence-electron chi connectivity index (χ2n) is 4.45. The maximum absolute atomic E-state index is 12.5. The van der Waals surface area contributed by atoms with Crippen LogP contribution in [0, 0.1) is 4.77 Å². The molecule has 3 heterocycles. The summed E-state index contributed by atoms with van der Waals surface area (Å²) in [5, 5.41) is 6.78. The van der Waals surface area contributed by atoms with Gasteiger partial charge in [-0.25, -0.2) is 0 Å². The summed E-state index contributed by atoms with van der Waals surface area (Å²) in [4.78, 5) is 16.5. The van der Waals surface area contributed by atoms with Gasteiger partial charge in [0, 0.05) is 6.04 Å². The second-order valence-corrected chi connectivity index (χ2v) is 6.54. The van der Waals surface area contributed by atoms with E-state index in [2.05, 4.69) is 16.4 Å². The van der Waals surface area contributed by atoms with Gasteiger partial charge < -0.3 is 4.98 Å². The summed E-state index contributed by atoms with van der Waals surface area (Å²) in [6.07, 6.45) is 0.816. The molecule has 3 aromatic heterocycles. The normalized spacial score (nSPS) is 12.9. The standard InChI is InChI=1S/C13H12N2OS3/c1-8(6-9-2-4-18-7-9)15-12(16)10-3-5-19-11(10)14-13(15)17/h2-5,7-8H,6H2,1H3,(H,14,17). The third-order valence-corrected chi connectivity index (χ3v) is 4.97. The van der Waals surface area contributed by atoms with E-state index in [9.17, 15) is 4.79 Å². The average Bonchev–Trinajstić information content (AvgIpc) is 2.99. The largest absolute Gasteiger partial charge is 0.323 e. The molecule has 3 rings (SSSR count). The van der Waals surface area contributed by atoms with Crippen molar-refractivity contribution in [3.63, 3.8) is 0 Å². The van der Waals surface area contributed by atoms with E-state index in [1.807, 2.05) is 23.8 Å². The Morgan fingerprint density at radius 2 is 2.26 bits per heavy atom. The van der Waals surface area contributed by atoms with Crippen LogP contribution in [0.3, 0.4) is 0 Å². The molecule has 0 aliphatic heterocycles. The molecule has 1 atom stereocenters. The van der Waals surface area contributed by atoms with E-state index in [1.165, 1.54) is 16.9 Å². The van der Waals surface area contributed by atoms with Crippen molar-refractivity contribution in [2.75, 3.05) is 0 Å². The first kappa shape index (κ1) is 12.8. The van der Waals surface area contributed by atoms with Crippen molar-refractivity contribution in [1.29, 1.82) is 0 Å². The fourth-order valence-electron chi connectivity index (χ4n) is 2.20. The van der Waals surface area contributed by atoms with Gasteiger partial charge in [-0.05, 0) is 59.4 Å². The zero-order valence-corrected chi connectivity index (χ0v) is 12.7. The van der Waals surface area contributed by atoms with E-state index in [0.717, 1.165) is 16.6 Å². The fraction of sp³-hybridized carbons (Fsp3) is 0.231. The number of nitrogens with zero attached hydrogens (tertiary/aromatic N) is 1. The first-order valence-corrected chi connectivity index (χ1v) is 8.13. The lowest BCUT2D eigenvalue weighted by Gasteiger charge is -2.14. The van der Waals surface area contributed by atoms with Crippen LogP contribution in [0.25, 0.3) is 10.2 Å². The van der Waals surface area contributed by atoms with Crippen molar-refractivity contribution in [2.45, 2.75) is 19.4 Å². The number of H-pyrrole nitrogens is 1. The summed E-state index contributed by atoms with van der Waals surface area (Å²) >= 11 is 8.50. The van der Waals surface area contributed by atoms with Crippen molar-refractivity contribution < 1.29 is 0 Å². The lowest BCUT2D eigenvalue weighted by atomic mass is 10.1. The molecule has 98 valence electrons. The summed E-state index contributed by atoms with van der Waals surface area (Å²) in [5.41, 5.74) is 1.24. The highest BCUT2D eigenvalue weighted by Crippen LogP contribution is 2.18. The van der Waals surface area contributed by atoms with Gasteiger partial charge in [-0.1, -0.05) is 0 Å². The number of aromatic amines is 1. The van der Waals surface area contributed by atoms with Crippen LogP contribution in [0.2, 0.25) is 0 Å². The Kier molecular flexibility index (Phi) is 3.38. The summed E-state index contributed by atoms with van der Waals surface area (Å²) < 4.78 is 2.19. The van der Waals surface area contributed by atoms with Gasteiger partial charge in [0.2, 0.25) is 0 Å². The molecule has 19 heavy (non-hydrogen) atoms. The Labute approximate surface area is 123 Å². The van der Waals surface area contributed by atoms with Gasteiger partial charge in [0.05, 0.1) is 5.39 Å². The summed E-state index contributed by atoms with van der Waals surface area (Å²) in [7, 11) is 0. The van der Waals surface area contributed by atoms with Crippen LogP contribution in [0.5, 0.6) is 0 Å². The molecule has 0 aliphatic rings. The molecule has 0 amide bonds. The Morgan fingerprint density at radius 1 is 1.42 bits per heavy atom. The molecule has 0 radical (unpaired) electrons. The van der Waals surface area contributed by atoms with Crippen molar-refractivity contribution in [2.24, 2.45) is 0 Å².